The first-order valence-corrected chi connectivity index (χ1v) is 9.29. The fraction of sp³-hybridized carbons (Fsp3) is 0.273. The first-order valence-electron chi connectivity index (χ1n) is 9.29. The van der Waals surface area contributed by atoms with E-state index in [4.69, 9.17) is 9.47 Å². The Morgan fingerprint density at radius 1 is 1.07 bits per heavy atom. The quantitative estimate of drug-likeness (QED) is 0.622. The van der Waals surface area contributed by atoms with Gasteiger partial charge in [0.1, 0.15) is 12.3 Å². The van der Waals surface area contributed by atoms with Gasteiger partial charge in [-0.15, -0.1) is 0 Å². The zero-order valence-corrected chi connectivity index (χ0v) is 16.3. The van der Waals surface area contributed by atoms with E-state index in [0.29, 0.717) is 17.9 Å². The van der Waals surface area contributed by atoms with Crippen LogP contribution in [-0.2, 0) is 16.1 Å². The first kappa shape index (κ1) is 19.5. The average molecular weight is 380 g/mol. The van der Waals surface area contributed by atoms with E-state index in [1.807, 2.05) is 42.0 Å². The maximum atomic E-state index is 12.4. The Morgan fingerprint density at radius 2 is 1.82 bits per heavy atom. The summed E-state index contributed by atoms with van der Waals surface area (Å²) in [6.07, 6.45) is 1.71. The molecule has 146 valence electrons. The molecule has 0 saturated carbocycles. The molecule has 0 fully saturated rings. The summed E-state index contributed by atoms with van der Waals surface area (Å²) in [7, 11) is 0. The number of aromatic nitrogens is 1. The number of rotatable bonds is 7. The van der Waals surface area contributed by atoms with Crippen LogP contribution >= 0.6 is 0 Å². The Balaban J connectivity index is 1.64. The molecule has 1 heterocycles. The van der Waals surface area contributed by atoms with Gasteiger partial charge in [0.2, 0.25) is 5.91 Å². The van der Waals surface area contributed by atoms with E-state index in [0.717, 1.165) is 16.7 Å². The minimum atomic E-state index is -0.377. The third-order valence-corrected chi connectivity index (χ3v) is 4.11. The lowest BCUT2D eigenvalue weighted by Gasteiger charge is -2.10. The van der Waals surface area contributed by atoms with Crippen molar-refractivity contribution in [2.75, 3.05) is 11.9 Å². The highest BCUT2D eigenvalue weighted by Crippen LogP contribution is 2.22. The normalized spacial score (nSPS) is 10.9. The molecule has 0 atom stereocenters. The number of ether oxygens (including phenoxy) is 2. The van der Waals surface area contributed by atoms with Crippen LogP contribution in [0, 0.1) is 0 Å². The molecule has 1 N–H and O–H groups in total. The van der Waals surface area contributed by atoms with E-state index in [-0.39, 0.29) is 24.5 Å². The van der Waals surface area contributed by atoms with Crippen molar-refractivity contribution < 1.29 is 19.1 Å². The molecule has 0 spiro atoms. The number of nitrogens with one attached hydrogen (secondary N) is 1. The lowest BCUT2D eigenvalue weighted by atomic mass is 10.2. The molecular weight excluding hydrogens is 356 g/mol. The van der Waals surface area contributed by atoms with Gasteiger partial charge in [-0.3, -0.25) is 4.79 Å². The highest BCUT2D eigenvalue weighted by atomic mass is 16.5. The van der Waals surface area contributed by atoms with Gasteiger partial charge in [0, 0.05) is 22.8 Å². The topological polar surface area (TPSA) is 69.6 Å². The van der Waals surface area contributed by atoms with E-state index in [1.54, 1.807) is 38.1 Å². The molecule has 1 amide bonds. The van der Waals surface area contributed by atoms with E-state index < -0.39 is 0 Å². The van der Waals surface area contributed by atoms with Gasteiger partial charge in [-0.25, -0.2) is 4.79 Å². The van der Waals surface area contributed by atoms with E-state index in [9.17, 15) is 9.59 Å². The monoisotopic (exact) mass is 380 g/mol. The number of amides is 1. The molecule has 28 heavy (non-hydrogen) atoms. The molecule has 3 aromatic rings. The van der Waals surface area contributed by atoms with E-state index in [1.165, 1.54) is 0 Å². The minimum absolute atomic E-state index is 0.149. The van der Waals surface area contributed by atoms with Crippen LogP contribution in [0.25, 0.3) is 10.9 Å². The van der Waals surface area contributed by atoms with Crippen LogP contribution in [0.1, 0.15) is 31.1 Å². The second-order valence-electron chi connectivity index (χ2n) is 6.68. The third-order valence-electron chi connectivity index (χ3n) is 4.11. The molecule has 0 radical (unpaired) electrons. The molecule has 0 aliphatic carbocycles. The summed E-state index contributed by atoms with van der Waals surface area (Å²) in [5, 5.41) is 3.87. The van der Waals surface area contributed by atoms with Crippen molar-refractivity contribution >= 4 is 28.5 Å². The molecule has 2 aromatic carbocycles. The van der Waals surface area contributed by atoms with Crippen LogP contribution in [0.4, 0.5) is 5.69 Å². The van der Waals surface area contributed by atoms with Gasteiger partial charge in [-0.1, -0.05) is 0 Å². The maximum Gasteiger partial charge on any atom is 0.338 e. The largest absolute Gasteiger partial charge is 0.494 e. The van der Waals surface area contributed by atoms with Crippen molar-refractivity contribution in [3.05, 3.63) is 60.3 Å². The smallest absolute Gasteiger partial charge is 0.338 e. The number of hydrogen-bond acceptors (Lipinski definition) is 4. The summed E-state index contributed by atoms with van der Waals surface area (Å²) >= 11 is 0. The predicted molar refractivity (Wildman–Crippen MR) is 109 cm³/mol. The molecule has 0 aliphatic heterocycles. The lowest BCUT2D eigenvalue weighted by molar-refractivity contribution is -0.116. The number of fused-ring (bicyclic) bond motifs is 1. The van der Waals surface area contributed by atoms with Crippen molar-refractivity contribution in [2.45, 2.75) is 33.4 Å². The fourth-order valence-electron chi connectivity index (χ4n) is 2.90. The standard InChI is InChI=1S/C22H24N2O4/c1-4-27-19-9-10-20-17(13-19)11-12-24(20)14-21(25)23-18-7-5-16(6-8-18)22(26)28-15(2)3/h5-13,15H,4,14H2,1-3H3,(H,23,25). The molecule has 1 aromatic heterocycles. The van der Waals surface area contributed by atoms with Gasteiger partial charge in [-0.2, -0.15) is 0 Å². The van der Waals surface area contributed by atoms with Crippen LogP contribution in [0.15, 0.2) is 54.7 Å². The van der Waals surface area contributed by atoms with E-state index >= 15 is 0 Å². The van der Waals surface area contributed by atoms with Crippen LogP contribution in [0.5, 0.6) is 5.75 Å². The molecule has 6 nitrogen and oxygen atoms in total. The van der Waals surface area contributed by atoms with Crippen molar-refractivity contribution in [1.82, 2.24) is 4.57 Å². The van der Waals surface area contributed by atoms with Crippen molar-refractivity contribution in [2.24, 2.45) is 0 Å². The highest BCUT2D eigenvalue weighted by Gasteiger charge is 2.11. The molecular formula is C22H24N2O4. The van der Waals surface area contributed by atoms with Gasteiger partial charge in [0.05, 0.1) is 18.3 Å². The van der Waals surface area contributed by atoms with E-state index in [2.05, 4.69) is 5.32 Å². The number of nitrogens with zero attached hydrogens (tertiary/aromatic N) is 1. The Bertz CT molecular complexity index is 974. The molecule has 0 aliphatic rings. The summed E-state index contributed by atoms with van der Waals surface area (Å²) in [6.45, 7) is 6.35. The van der Waals surface area contributed by atoms with Crippen molar-refractivity contribution in [3.63, 3.8) is 0 Å². The second kappa shape index (κ2) is 8.61. The molecule has 0 bridgehead atoms. The highest BCUT2D eigenvalue weighted by molar-refractivity contribution is 5.94. The Kier molecular flexibility index (Phi) is 5.99. The SMILES string of the molecule is CCOc1ccc2c(ccn2CC(=O)Nc2ccc(C(=O)OC(C)C)cc2)c1. The first-order chi connectivity index (χ1) is 13.5. The summed E-state index contributed by atoms with van der Waals surface area (Å²) < 4.78 is 12.5. The molecule has 0 saturated heterocycles. The number of carbonyl (C=O) groups is 2. The zero-order valence-electron chi connectivity index (χ0n) is 16.3. The minimum Gasteiger partial charge on any atom is -0.494 e. The second-order valence-corrected chi connectivity index (χ2v) is 6.68. The molecule has 0 unspecified atom stereocenters. The van der Waals surface area contributed by atoms with Crippen LogP contribution in [-0.4, -0.2) is 29.2 Å². The van der Waals surface area contributed by atoms with Gasteiger partial charge >= 0.3 is 5.97 Å². The van der Waals surface area contributed by atoms with Crippen LogP contribution in [0.3, 0.4) is 0 Å². The lowest BCUT2D eigenvalue weighted by Crippen LogP contribution is -2.18. The number of esters is 1. The van der Waals surface area contributed by atoms with Crippen LogP contribution < -0.4 is 10.1 Å². The maximum absolute atomic E-state index is 12.4. The average Bonchev–Trinajstić information content (AvgIpc) is 3.04. The summed E-state index contributed by atoms with van der Waals surface area (Å²) in [5.74, 6) is 0.287. The Hall–Kier alpha value is -3.28. The molecule has 3 rings (SSSR count). The van der Waals surface area contributed by atoms with Crippen LogP contribution in [0.2, 0.25) is 0 Å². The Labute approximate surface area is 164 Å². The zero-order chi connectivity index (χ0) is 20.1. The fourth-order valence-corrected chi connectivity index (χ4v) is 2.90. The van der Waals surface area contributed by atoms with Crippen molar-refractivity contribution in [3.8, 4) is 5.75 Å². The van der Waals surface area contributed by atoms with Gasteiger partial charge in [-0.05, 0) is 69.3 Å². The number of benzene rings is 2. The van der Waals surface area contributed by atoms with Gasteiger partial charge < -0.3 is 19.4 Å². The van der Waals surface area contributed by atoms with Crippen molar-refractivity contribution in [1.29, 1.82) is 0 Å². The molecule has 6 heteroatoms. The predicted octanol–water partition coefficient (Wildman–Crippen LogP) is 4.24. The third kappa shape index (κ3) is 4.71. The summed E-state index contributed by atoms with van der Waals surface area (Å²) in [5.41, 5.74) is 2.04. The Morgan fingerprint density at radius 3 is 2.50 bits per heavy atom. The number of anilines is 1. The summed E-state index contributed by atoms with van der Waals surface area (Å²) in [4.78, 5) is 24.3. The van der Waals surface area contributed by atoms with Gasteiger partial charge in [0.15, 0.2) is 0 Å². The number of carbonyl (C=O) groups excluding carboxylic acids is 2. The summed E-state index contributed by atoms with van der Waals surface area (Å²) in [6, 6.07) is 14.4. The van der Waals surface area contributed by atoms with Gasteiger partial charge in [0.25, 0.3) is 0 Å². The number of hydrogen-bond donors (Lipinski definition) is 1.